The summed E-state index contributed by atoms with van der Waals surface area (Å²) >= 11 is 3.54. The van der Waals surface area contributed by atoms with E-state index in [4.69, 9.17) is 0 Å². The van der Waals surface area contributed by atoms with Gasteiger partial charge in [-0.25, -0.2) is 0 Å². The van der Waals surface area contributed by atoms with E-state index in [0.717, 1.165) is 0 Å². The van der Waals surface area contributed by atoms with E-state index in [0.29, 0.717) is 0 Å². The number of rotatable bonds is 3. The Hall–Kier alpha value is 0.320. The van der Waals surface area contributed by atoms with Crippen LogP contribution in [0.3, 0.4) is 0 Å². The normalized spacial score (nSPS) is 8.77. The Labute approximate surface area is 105 Å². The summed E-state index contributed by atoms with van der Waals surface area (Å²) in [6.07, 6.45) is 10.4. The summed E-state index contributed by atoms with van der Waals surface area (Å²) in [6.45, 7) is 0. The van der Waals surface area contributed by atoms with Gasteiger partial charge >= 0.3 is 0 Å². The lowest BCUT2D eigenvalue weighted by molar-refractivity contribution is -0.568. The minimum atomic E-state index is 0. The molecule has 0 saturated carbocycles. The van der Waals surface area contributed by atoms with Crippen LogP contribution in [0.25, 0.3) is 6.20 Å². The molecule has 13 heavy (non-hydrogen) atoms. The first-order chi connectivity index (χ1) is 5.86. The number of pyridine rings is 1. The van der Waals surface area contributed by atoms with Crippen molar-refractivity contribution in [3.8, 4) is 0 Å². The first-order valence-corrected chi connectivity index (χ1v) is 6.07. The maximum Gasteiger partial charge on any atom is 0.194 e. The molecule has 0 unspecified atom stereocenters. The molecule has 0 amide bonds. The van der Waals surface area contributed by atoms with Crippen LogP contribution >= 0.6 is 23.5 Å². The molecule has 1 rings (SSSR count). The highest BCUT2D eigenvalue weighted by atomic mass is 127. The molecule has 1 nitrogen and oxygen atoms in total. The van der Waals surface area contributed by atoms with Crippen molar-refractivity contribution in [1.29, 1.82) is 0 Å². The summed E-state index contributed by atoms with van der Waals surface area (Å²) in [6, 6.07) is 6.06. The van der Waals surface area contributed by atoms with Crippen molar-refractivity contribution in [2.75, 3.05) is 12.5 Å². The summed E-state index contributed by atoms with van der Waals surface area (Å²) in [5.74, 6) is 0. The smallest absolute Gasteiger partial charge is 0.194 e. The lowest BCUT2D eigenvalue weighted by Crippen LogP contribution is -3.00. The number of nitrogens with zero attached hydrogens (tertiary/aromatic N) is 1. The Morgan fingerprint density at radius 2 is 1.62 bits per heavy atom. The molecule has 0 aliphatic carbocycles. The summed E-state index contributed by atoms with van der Waals surface area (Å²) in [5, 5.41) is 0. The van der Waals surface area contributed by atoms with E-state index < -0.39 is 0 Å². The largest absolute Gasteiger partial charge is 1.00 e. The Balaban J connectivity index is 0.00000144. The van der Waals surface area contributed by atoms with Gasteiger partial charge in [-0.1, -0.05) is 6.07 Å². The number of thioether (sulfide) groups is 2. The number of aromatic nitrogens is 1. The predicted octanol–water partition coefficient (Wildman–Crippen LogP) is -0.540. The van der Waals surface area contributed by atoms with Gasteiger partial charge in [-0.15, -0.1) is 23.5 Å². The highest BCUT2D eigenvalue weighted by molar-refractivity contribution is 8.21. The zero-order chi connectivity index (χ0) is 8.81. The van der Waals surface area contributed by atoms with Crippen molar-refractivity contribution in [1.82, 2.24) is 0 Å². The predicted molar refractivity (Wildman–Crippen MR) is 57.9 cm³/mol. The van der Waals surface area contributed by atoms with Gasteiger partial charge in [0.15, 0.2) is 18.6 Å². The maximum absolute atomic E-state index is 2.12. The molecule has 0 saturated heterocycles. The zero-order valence-electron chi connectivity index (χ0n) is 7.61. The highest BCUT2D eigenvalue weighted by Crippen LogP contribution is 2.22. The van der Waals surface area contributed by atoms with Gasteiger partial charge in [-0.2, -0.15) is 4.57 Å². The van der Waals surface area contributed by atoms with Crippen molar-refractivity contribution in [2.45, 2.75) is 0 Å². The summed E-state index contributed by atoms with van der Waals surface area (Å²) < 4.78 is 3.37. The molecule has 0 spiro atoms. The van der Waals surface area contributed by atoms with E-state index in [9.17, 15) is 0 Å². The monoisotopic (exact) mass is 325 g/mol. The standard InChI is InChI=1S/C9H12NS2.HI/c1-11-9(12-2)8-10-6-4-3-5-7-10;/h3-8H,1-2H3;1H/q+1;/p-1. The van der Waals surface area contributed by atoms with Crippen LogP contribution in [0.2, 0.25) is 0 Å². The van der Waals surface area contributed by atoms with Gasteiger partial charge < -0.3 is 24.0 Å². The molecular formula is C9H12INS2. The molecule has 4 heteroatoms. The van der Waals surface area contributed by atoms with Gasteiger partial charge in [-0.3, -0.25) is 0 Å². The van der Waals surface area contributed by atoms with E-state index in [1.54, 1.807) is 23.5 Å². The van der Waals surface area contributed by atoms with E-state index in [1.165, 1.54) is 4.24 Å². The topological polar surface area (TPSA) is 3.88 Å². The molecule has 0 atom stereocenters. The van der Waals surface area contributed by atoms with E-state index >= 15 is 0 Å². The molecule has 0 bridgehead atoms. The molecule has 72 valence electrons. The zero-order valence-corrected chi connectivity index (χ0v) is 11.4. The lowest BCUT2D eigenvalue weighted by Gasteiger charge is -1.93. The third-order valence-electron chi connectivity index (χ3n) is 1.40. The van der Waals surface area contributed by atoms with E-state index in [2.05, 4.69) is 23.3 Å². The van der Waals surface area contributed by atoms with Gasteiger partial charge in [0.1, 0.15) is 4.24 Å². The Morgan fingerprint density at radius 3 is 2.08 bits per heavy atom. The summed E-state index contributed by atoms with van der Waals surface area (Å²) in [5.41, 5.74) is 0. The Bertz CT molecular complexity index is 256. The van der Waals surface area contributed by atoms with Crippen LogP contribution in [0.4, 0.5) is 0 Å². The van der Waals surface area contributed by atoms with Crippen LogP contribution in [0, 0.1) is 0 Å². The average Bonchev–Trinajstić information content (AvgIpc) is 2.16. The molecule has 0 radical (unpaired) electrons. The first-order valence-electron chi connectivity index (χ1n) is 3.62. The average molecular weight is 325 g/mol. The van der Waals surface area contributed by atoms with Crippen LogP contribution in [0.1, 0.15) is 0 Å². The van der Waals surface area contributed by atoms with Crippen molar-refractivity contribution in [2.24, 2.45) is 0 Å². The van der Waals surface area contributed by atoms with Gasteiger partial charge in [0.05, 0.1) is 0 Å². The quantitative estimate of drug-likeness (QED) is 0.543. The van der Waals surface area contributed by atoms with Crippen molar-refractivity contribution >= 4 is 29.7 Å². The SMILES string of the molecule is CSC(=C[n+]1ccccc1)SC.[I-]. The second-order valence-electron chi connectivity index (χ2n) is 2.18. The van der Waals surface area contributed by atoms with Crippen LogP contribution < -0.4 is 28.5 Å². The first kappa shape index (κ1) is 13.3. The number of halogens is 1. The maximum atomic E-state index is 2.12. The minimum Gasteiger partial charge on any atom is -1.00 e. The van der Waals surface area contributed by atoms with Crippen LogP contribution in [0.15, 0.2) is 34.8 Å². The molecule has 0 N–H and O–H groups in total. The van der Waals surface area contributed by atoms with Crippen LogP contribution in [-0.2, 0) is 0 Å². The fourth-order valence-corrected chi connectivity index (χ4v) is 1.93. The van der Waals surface area contributed by atoms with Crippen molar-refractivity contribution in [3.63, 3.8) is 0 Å². The molecule has 0 aromatic carbocycles. The molecule has 1 aromatic rings. The van der Waals surface area contributed by atoms with Crippen molar-refractivity contribution < 1.29 is 28.5 Å². The van der Waals surface area contributed by atoms with Crippen molar-refractivity contribution in [3.05, 3.63) is 34.8 Å². The Kier molecular flexibility index (Phi) is 7.89. The van der Waals surface area contributed by atoms with Gasteiger partial charge in [0.2, 0.25) is 0 Å². The fraction of sp³-hybridized carbons (Fsp3) is 0.222. The van der Waals surface area contributed by atoms with Gasteiger partial charge in [0.25, 0.3) is 0 Å². The van der Waals surface area contributed by atoms with E-state index in [-0.39, 0.29) is 24.0 Å². The molecule has 0 aliphatic rings. The summed E-state index contributed by atoms with van der Waals surface area (Å²) in [4.78, 5) is 0. The third kappa shape index (κ3) is 4.93. The lowest BCUT2D eigenvalue weighted by atomic mass is 10.5. The third-order valence-corrected chi connectivity index (χ3v) is 3.41. The van der Waals surface area contributed by atoms with Crippen LogP contribution in [-0.4, -0.2) is 12.5 Å². The number of hydrogen-bond donors (Lipinski definition) is 0. The molecule has 0 fully saturated rings. The molecule has 1 heterocycles. The molecule has 0 aliphatic heterocycles. The van der Waals surface area contributed by atoms with Gasteiger partial charge in [-0.05, 0) is 12.5 Å². The summed E-state index contributed by atoms with van der Waals surface area (Å²) in [7, 11) is 0. The highest BCUT2D eigenvalue weighted by Gasteiger charge is 1.97. The Morgan fingerprint density at radius 1 is 1.08 bits per heavy atom. The fourth-order valence-electron chi connectivity index (χ4n) is 0.809. The second-order valence-corrected chi connectivity index (χ2v) is 4.13. The number of hydrogen-bond acceptors (Lipinski definition) is 2. The molecule has 1 aromatic heterocycles. The van der Waals surface area contributed by atoms with E-state index in [1.807, 2.05) is 30.6 Å². The molecular weight excluding hydrogens is 313 g/mol. The minimum absolute atomic E-state index is 0. The van der Waals surface area contributed by atoms with Crippen LogP contribution in [0.5, 0.6) is 0 Å². The van der Waals surface area contributed by atoms with Gasteiger partial charge in [0, 0.05) is 12.1 Å². The second kappa shape index (κ2) is 7.70.